The van der Waals surface area contributed by atoms with E-state index in [1.807, 2.05) is 6.07 Å². The van der Waals surface area contributed by atoms with Crippen molar-refractivity contribution in [2.75, 3.05) is 11.4 Å². The van der Waals surface area contributed by atoms with Gasteiger partial charge in [-0.15, -0.1) is 0 Å². The van der Waals surface area contributed by atoms with E-state index in [9.17, 15) is 0 Å². The van der Waals surface area contributed by atoms with E-state index in [4.69, 9.17) is 5.11 Å². The SMILES string of the molecule is CC1CCCCN1c1ccc(O)cn1. The molecule has 2 heterocycles. The molecule has 1 aromatic rings. The highest BCUT2D eigenvalue weighted by Crippen LogP contribution is 2.23. The van der Waals surface area contributed by atoms with Gasteiger partial charge in [0, 0.05) is 12.6 Å². The van der Waals surface area contributed by atoms with Crippen molar-refractivity contribution >= 4 is 5.82 Å². The fraction of sp³-hybridized carbons (Fsp3) is 0.545. The van der Waals surface area contributed by atoms with Gasteiger partial charge in [0.05, 0.1) is 6.20 Å². The topological polar surface area (TPSA) is 36.4 Å². The van der Waals surface area contributed by atoms with Gasteiger partial charge in [-0.1, -0.05) is 0 Å². The van der Waals surface area contributed by atoms with Crippen molar-refractivity contribution in [3.05, 3.63) is 18.3 Å². The Hall–Kier alpha value is -1.25. The van der Waals surface area contributed by atoms with Crippen LogP contribution < -0.4 is 4.90 Å². The molecule has 0 saturated carbocycles. The van der Waals surface area contributed by atoms with Crippen LogP contribution in [-0.4, -0.2) is 22.7 Å². The van der Waals surface area contributed by atoms with Crippen molar-refractivity contribution in [3.63, 3.8) is 0 Å². The van der Waals surface area contributed by atoms with E-state index in [1.54, 1.807) is 6.07 Å². The highest BCUT2D eigenvalue weighted by atomic mass is 16.3. The van der Waals surface area contributed by atoms with Crippen LogP contribution in [0.15, 0.2) is 18.3 Å². The van der Waals surface area contributed by atoms with Crippen molar-refractivity contribution in [2.45, 2.75) is 32.2 Å². The van der Waals surface area contributed by atoms with E-state index in [2.05, 4.69) is 16.8 Å². The Kier molecular flexibility index (Phi) is 2.57. The summed E-state index contributed by atoms with van der Waals surface area (Å²) in [6, 6.07) is 4.15. The van der Waals surface area contributed by atoms with Gasteiger partial charge in [-0.3, -0.25) is 0 Å². The molecule has 1 aliphatic heterocycles. The maximum atomic E-state index is 9.14. The first-order valence-electron chi connectivity index (χ1n) is 5.19. The lowest BCUT2D eigenvalue weighted by Gasteiger charge is -2.34. The van der Waals surface area contributed by atoms with Gasteiger partial charge in [-0.05, 0) is 38.3 Å². The molecule has 1 fully saturated rings. The van der Waals surface area contributed by atoms with E-state index in [1.165, 1.54) is 25.5 Å². The normalized spacial score (nSPS) is 22.4. The Morgan fingerprint density at radius 2 is 2.29 bits per heavy atom. The average Bonchev–Trinajstić information content (AvgIpc) is 2.20. The first-order valence-corrected chi connectivity index (χ1v) is 5.19. The highest BCUT2D eigenvalue weighted by molar-refractivity contribution is 5.41. The Morgan fingerprint density at radius 1 is 1.43 bits per heavy atom. The third kappa shape index (κ3) is 1.81. The van der Waals surface area contributed by atoms with Crippen molar-refractivity contribution in [1.82, 2.24) is 4.98 Å². The van der Waals surface area contributed by atoms with Gasteiger partial charge in [-0.25, -0.2) is 4.98 Å². The van der Waals surface area contributed by atoms with Gasteiger partial charge in [0.1, 0.15) is 11.6 Å². The molecule has 1 atom stereocenters. The van der Waals surface area contributed by atoms with Crippen molar-refractivity contribution in [2.24, 2.45) is 0 Å². The smallest absolute Gasteiger partial charge is 0.134 e. The number of rotatable bonds is 1. The monoisotopic (exact) mass is 192 g/mol. The molecule has 3 nitrogen and oxygen atoms in total. The van der Waals surface area contributed by atoms with Crippen LogP contribution in [0.1, 0.15) is 26.2 Å². The zero-order valence-electron chi connectivity index (χ0n) is 8.48. The molecule has 0 aromatic carbocycles. The quantitative estimate of drug-likeness (QED) is 0.740. The molecule has 14 heavy (non-hydrogen) atoms. The molecule has 1 aromatic heterocycles. The van der Waals surface area contributed by atoms with E-state index in [-0.39, 0.29) is 5.75 Å². The number of anilines is 1. The van der Waals surface area contributed by atoms with Crippen molar-refractivity contribution < 1.29 is 5.11 Å². The zero-order valence-corrected chi connectivity index (χ0v) is 8.48. The van der Waals surface area contributed by atoms with Crippen LogP contribution in [0.5, 0.6) is 5.75 Å². The summed E-state index contributed by atoms with van der Waals surface area (Å²) in [7, 11) is 0. The third-order valence-electron chi connectivity index (χ3n) is 2.83. The van der Waals surface area contributed by atoms with Gasteiger partial charge < -0.3 is 10.0 Å². The molecule has 0 radical (unpaired) electrons. The molecule has 0 aliphatic carbocycles. The van der Waals surface area contributed by atoms with Crippen LogP contribution in [0.4, 0.5) is 5.82 Å². The van der Waals surface area contributed by atoms with Gasteiger partial charge in [0.25, 0.3) is 0 Å². The summed E-state index contributed by atoms with van der Waals surface area (Å²) < 4.78 is 0. The van der Waals surface area contributed by atoms with Crippen molar-refractivity contribution in [1.29, 1.82) is 0 Å². The van der Waals surface area contributed by atoms with E-state index < -0.39 is 0 Å². The summed E-state index contributed by atoms with van der Waals surface area (Å²) in [5.74, 6) is 1.22. The van der Waals surface area contributed by atoms with E-state index >= 15 is 0 Å². The number of pyridine rings is 1. The van der Waals surface area contributed by atoms with E-state index in [0.29, 0.717) is 6.04 Å². The molecule has 0 bridgehead atoms. The van der Waals surface area contributed by atoms with E-state index in [0.717, 1.165) is 12.4 Å². The molecule has 1 aliphatic rings. The van der Waals surface area contributed by atoms with Gasteiger partial charge in [0.15, 0.2) is 0 Å². The Balaban J connectivity index is 2.16. The lowest BCUT2D eigenvalue weighted by atomic mass is 10.0. The number of piperidine rings is 1. The first-order chi connectivity index (χ1) is 6.77. The second-order valence-corrected chi connectivity index (χ2v) is 3.91. The number of hydrogen-bond acceptors (Lipinski definition) is 3. The van der Waals surface area contributed by atoms with Crippen LogP contribution in [0.25, 0.3) is 0 Å². The second kappa shape index (κ2) is 3.86. The summed E-state index contributed by atoms with van der Waals surface area (Å²) in [6.07, 6.45) is 5.31. The first kappa shape index (κ1) is 9.31. The largest absolute Gasteiger partial charge is 0.506 e. The summed E-state index contributed by atoms with van der Waals surface area (Å²) in [5.41, 5.74) is 0. The number of aromatic nitrogens is 1. The van der Waals surface area contributed by atoms with Crippen LogP contribution in [-0.2, 0) is 0 Å². The molecule has 1 saturated heterocycles. The van der Waals surface area contributed by atoms with Crippen LogP contribution in [0.2, 0.25) is 0 Å². The Labute approximate surface area is 84.4 Å². The number of aromatic hydroxyl groups is 1. The molecule has 3 heteroatoms. The number of nitrogens with zero attached hydrogens (tertiary/aromatic N) is 2. The fourth-order valence-corrected chi connectivity index (χ4v) is 1.99. The molecular weight excluding hydrogens is 176 g/mol. The van der Waals surface area contributed by atoms with Crippen LogP contribution >= 0.6 is 0 Å². The number of hydrogen-bond donors (Lipinski definition) is 1. The minimum Gasteiger partial charge on any atom is -0.506 e. The molecule has 2 rings (SSSR count). The maximum absolute atomic E-state index is 9.14. The van der Waals surface area contributed by atoms with Gasteiger partial charge in [-0.2, -0.15) is 0 Å². The van der Waals surface area contributed by atoms with Crippen LogP contribution in [0.3, 0.4) is 0 Å². The second-order valence-electron chi connectivity index (χ2n) is 3.91. The fourth-order valence-electron chi connectivity index (χ4n) is 1.99. The van der Waals surface area contributed by atoms with Crippen molar-refractivity contribution in [3.8, 4) is 5.75 Å². The minimum atomic E-state index is 0.235. The summed E-state index contributed by atoms with van der Waals surface area (Å²) in [5, 5.41) is 9.14. The van der Waals surface area contributed by atoms with Crippen LogP contribution in [0, 0.1) is 0 Å². The Morgan fingerprint density at radius 3 is 2.93 bits per heavy atom. The average molecular weight is 192 g/mol. The lowest BCUT2D eigenvalue weighted by Crippen LogP contribution is -2.37. The summed E-state index contributed by atoms with van der Waals surface area (Å²) >= 11 is 0. The minimum absolute atomic E-state index is 0.235. The maximum Gasteiger partial charge on any atom is 0.134 e. The summed E-state index contributed by atoms with van der Waals surface area (Å²) in [6.45, 7) is 3.31. The lowest BCUT2D eigenvalue weighted by molar-refractivity contribution is 0.467. The summed E-state index contributed by atoms with van der Waals surface area (Å²) in [4.78, 5) is 6.54. The Bertz CT molecular complexity index is 297. The highest BCUT2D eigenvalue weighted by Gasteiger charge is 2.18. The molecular formula is C11H16N2O. The van der Waals surface area contributed by atoms with Gasteiger partial charge >= 0.3 is 0 Å². The third-order valence-corrected chi connectivity index (χ3v) is 2.83. The standard InChI is InChI=1S/C11H16N2O/c1-9-4-2-3-7-13(9)11-6-5-10(14)8-12-11/h5-6,8-9,14H,2-4,7H2,1H3. The molecule has 1 unspecified atom stereocenters. The molecule has 76 valence electrons. The molecule has 1 N–H and O–H groups in total. The predicted octanol–water partition coefficient (Wildman–Crippen LogP) is 2.17. The zero-order chi connectivity index (χ0) is 9.97. The molecule has 0 spiro atoms. The predicted molar refractivity (Wildman–Crippen MR) is 56.6 cm³/mol. The van der Waals surface area contributed by atoms with Gasteiger partial charge in [0.2, 0.25) is 0 Å². The molecule has 0 amide bonds.